The first-order valence-electron chi connectivity index (χ1n) is 6.87. The third-order valence-electron chi connectivity index (χ3n) is 3.55. The largest absolute Gasteiger partial charge is 0.480 e. The third kappa shape index (κ3) is 3.59. The maximum atomic E-state index is 12.2. The molecule has 0 saturated heterocycles. The number of carboxylic acid groups (broad SMARTS) is 1. The number of aromatic nitrogens is 2. The first-order valence-corrected chi connectivity index (χ1v) is 6.87. The van der Waals surface area contributed by atoms with Gasteiger partial charge in [0.05, 0.1) is 0 Å². The molecule has 0 fully saturated rings. The second-order valence-electron chi connectivity index (χ2n) is 5.11. The Bertz CT molecular complexity index is 567. The number of carbonyl (C=O) groups excluding carboxylic acids is 2. The molecule has 0 saturated carbocycles. The second kappa shape index (κ2) is 6.38. The number of rotatable bonds is 6. The number of aliphatic carboxylic acids is 1. The molecular weight excluding hydrogens is 276 g/mol. The lowest BCUT2D eigenvalue weighted by molar-refractivity contribution is -0.139. The smallest absolute Gasteiger partial charge is 0.326 e. The summed E-state index contributed by atoms with van der Waals surface area (Å²) < 4.78 is 0. The summed E-state index contributed by atoms with van der Waals surface area (Å²) in [5.74, 6) is -2.34. The minimum absolute atomic E-state index is 0.0387. The second-order valence-corrected chi connectivity index (χ2v) is 5.11. The van der Waals surface area contributed by atoms with Crippen molar-refractivity contribution in [2.75, 3.05) is 0 Å². The van der Waals surface area contributed by atoms with E-state index in [4.69, 9.17) is 10.8 Å². The van der Waals surface area contributed by atoms with Crippen molar-refractivity contribution >= 4 is 17.8 Å². The number of fused-ring (bicyclic) bond motifs is 1. The molecule has 0 spiro atoms. The zero-order valence-corrected chi connectivity index (χ0v) is 11.5. The Balaban J connectivity index is 2.06. The maximum Gasteiger partial charge on any atom is 0.326 e. The van der Waals surface area contributed by atoms with Crippen LogP contribution in [-0.4, -0.2) is 39.1 Å². The van der Waals surface area contributed by atoms with E-state index in [1.54, 1.807) is 0 Å². The molecule has 114 valence electrons. The first-order chi connectivity index (χ1) is 9.99. The molecule has 1 aromatic rings. The molecule has 21 heavy (non-hydrogen) atoms. The molecule has 2 amide bonds. The minimum atomic E-state index is -1.20. The van der Waals surface area contributed by atoms with Crippen molar-refractivity contribution in [1.29, 1.82) is 0 Å². The van der Waals surface area contributed by atoms with Crippen LogP contribution in [-0.2, 0) is 22.4 Å². The number of aromatic amines is 1. The molecule has 0 unspecified atom stereocenters. The summed E-state index contributed by atoms with van der Waals surface area (Å²) in [6, 6.07) is -1.15. The third-order valence-corrected chi connectivity index (χ3v) is 3.55. The van der Waals surface area contributed by atoms with Gasteiger partial charge in [-0.1, -0.05) is 0 Å². The van der Waals surface area contributed by atoms with Crippen LogP contribution in [0.3, 0.4) is 0 Å². The van der Waals surface area contributed by atoms with Crippen molar-refractivity contribution in [2.24, 2.45) is 5.73 Å². The molecule has 8 heteroatoms. The van der Waals surface area contributed by atoms with E-state index in [9.17, 15) is 14.4 Å². The lowest BCUT2D eigenvalue weighted by Crippen LogP contribution is -2.41. The van der Waals surface area contributed by atoms with Gasteiger partial charge in [-0.05, 0) is 32.1 Å². The summed E-state index contributed by atoms with van der Waals surface area (Å²) in [6.45, 7) is 0. The standard InChI is InChI=1S/C13H18N4O4/c14-10(18)6-5-9(13(20)21)15-12(19)11-7-3-1-2-4-8(7)16-17-11/h9H,1-6H2,(H2,14,18)(H,15,19)(H,16,17)(H,20,21)/t9-/m0/s1. The summed E-state index contributed by atoms with van der Waals surface area (Å²) in [6.07, 6.45) is 3.50. The van der Waals surface area contributed by atoms with Gasteiger partial charge in [-0.25, -0.2) is 4.79 Å². The van der Waals surface area contributed by atoms with Crippen LogP contribution in [0.5, 0.6) is 0 Å². The predicted molar refractivity (Wildman–Crippen MR) is 72.5 cm³/mol. The van der Waals surface area contributed by atoms with E-state index in [0.29, 0.717) is 0 Å². The van der Waals surface area contributed by atoms with Gasteiger partial charge in [0.2, 0.25) is 5.91 Å². The summed E-state index contributed by atoms with van der Waals surface area (Å²) in [5, 5.41) is 18.3. The Morgan fingerprint density at radius 2 is 2.05 bits per heavy atom. The Labute approximate surface area is 121 Å². The van der Waals surface area contributed by atoms with Crippen LogP contribution >= 0.6 is 0 Å². The zero-order valence-electron chi connectivity index (χ0n) is 11.5. The van der Waals surface area contributed by atoms with Crippen LogP contribution in [0.4, 0.5) is 0 Å². The van der Waals surface area contributed by atoms with Crippen molar-refractivity contribution in [3.05, 3.63) is 17.0 Å². The Morgan fingerprint density at radius 1 is 1.33 bits per heavy atom. The zero-order chi connectivity index (χ0) is 15.4. The average molecular weight is 294 g/mol. The number of nitrogens with zero attached hydrogens (tertiary/aromatic N) is 1. The lowest BCUT2D eigenvalue weighted by Gasteiger charge is -2.14. The molecule has 0 radical (unpaired) electrons. The number of hydrogen-bond acceptors (Lipinski definition) is 4. The molecule has 5 N–H and O–H groups in total. The number of carbonyl (C=O) groups is 3. The highest BCUT2D eigenvalue weighted by Gasteiger charge is 2.26. The molecule has 0 bridgehead atoms. The van der Waals surface area contributed by atoms with Crippen molar-refractivity contribution in [3.8, 4) is 0 Å². The Hall–Kier alpha value is -2.38. The van der Waals surface area contributed by atoms with Gasteiger partial charge in [-0.3, -0.25) is 14.7 Å². The maximum absolute atomic E-state index is 12.2. The van der Waals surface area contributed by atoms with Crippen molar-refractivity contribution in [1.82, 2.24) is 15.5 Å². The number of amides is 2. The summed E-state index contributed by atoms with van der Waals surface area (Å²) >= 11 is 0. The number of carboxylic acids is 1. The summed E-state index contributed by atoms with van der Waals surface area (Å²) in [4.78, 5) is 34.0. The Kier molecular flexibility index (Phi) is 4.56. The van der Waals surface area contributed by atoms with Crippen LogP contribution < -0.4 is 11.1 Å². The quantitative estimate of drug-likeness (QED) is 0.572. The molecule has 1 aliphatic carbocycles. The topological polar surface area (TPSA) is 138 Å². The predicted octanol–water partition coefficient (Wildman–Crippen LogP) is -0.263. The molecule has 0 aliphatic heterocycles. The minimum Gasteiger partial charge on any atom is -0.480 e. The van der Waals surface area contributed by atoms with Crippen LogP contribution in [0, 0.1) is 0 Å². The summed E-state index contributed by atoms with van der Waals surface area (Å²) in [7, 11) is 0. The number of nitrogens with two attached hydrogens (primary N) is 1. The van der Waals surface area contributed by atoms with Gasteiger partial charge in [-0.2, -0.15) is 5.10 Å². The van der Waals surface area contributed by atoms with Crippen molar-refractivity contribution in [2.45, 2.75) is 44.6 Å². The van der Waals surface area contributed by atoms with Crippen LogP contribution in [0.2, 0.25) is 0 Å². The van der Waals surface area contributed by atoms with E-state index in [2.05, 4.69) is 15.5 Å². The van der Waals surface area contributed by atoms with E-state index < -0.39 is 23.8 Å². The van der Waals surface area contributed by atoms with Gasteiger partial charge < -0.3 is 16.2 Å². The van der Waals surface area contributed by atoms with Crippen molar-refractivity contribution in [3.63, 3.8) is 0 Å². The van der Waals surface area contributed by atoms with Crippen molar-refractivity contribution < 1.29 is 19.5 Å². The molecule has 8 nitrogen and oxygen atoms in total. The van der Waals surface area contributed by atoms with Gasteiger partial charge in [0.15, 0.2) is 5.69 Å². The number of H-pyrrole nitrogens is 1. The highest BCUT2D eigenvalue weighted by Crippen LogP contribution is 2.22. The molecule has 1 aromatic heterocycles. The van der Waals surface area contributed by atoms with Crippen LogP contribution in [0.15, 0.2) is 0 Å². The molecule has 0 aromatic carbocycles. The number of hydrogen-bond donors (Lipinski definition) is 4. The Morgan fingerprint density at radius 3 is 2.71 bits per heavy atom. The van der Waals surface area contributed by atoms with E-state index in [1.165, 1.54) is 0 Å². The normalized spacial score (nSPS) is 15.0. The molecule has 2 rings (SSSR count). The number of primary amides is 1. The molecule has 1 aliphatic rings. The molecule has 1 heterocycles. The fraction of sp³-hybridized carbons (Fsp3) is 0.538. The van der Waals surface area contributed by atoms with Gasteiger partial charge in [0.1, 0.15) is 6.04 Å². The number of aryl methyl sites for hydroxylation is 1. The average Bonchev–Trinajstić information content (AvgIpc) is 2.86. The molecular formula is C13H18N4O4. The van der Waals surface area contributed by atoms with Gasteiger partial charge in [0, 0.05) is 17.7 Å². The van der Waals surface area contributed by atoms with E-state index in [-0.39, 0.29) is 18.5 Å². The van der Waals surface area contributed by atoms with Crippen LogP contribution in [0.1, 0.15) is 47.4 Å². The first kappa shape index (κ1) is 15.0. The van der Waals surface area contributed by atoms with Gasteiger partial charge >= 0.3 is 5.97 Å². The van der Waals surface area contributed by atoms with Gasteiger partial charge in [0.25, 0.3) is 5.91 Å². The monoisotopic (exact) mass is 294 g/mol. The fourth-order valence-corrected chi connectivity index (χ4v) is 2.44. The molecule has 1 atom stereocenters. The summed E-state index contributed by atoms with van der Waals surface area (Å²) in [5.41, 5.74) is 7.04. The lowest BCUT2D eigenvalue weighted by atomic mass is 9.95. The SMILES string of the molecule is NC(=O)CC[C@H](NC(=O)c1n[nH]c2c1CCCC2)C(=O)O. The van der Waals surface area contributed by atoms with Crippen LogP contribution in [0.25, 0.3) is 0 Å². The highest BCUT2D eigenvalue weighted by atomic mass is 16.4. The number of nitrogens with one attached hydrogen (secondary N) is 2. The van der Waals surface area contributed by atoms with E-state index in [1.807, 2.05) is 0 Å². The fourth-order valence-electron chi connectivity index (χ4n) is 2.44. The highest BCUT2D eigenvalue weighted by molar-refractivity contribution is 5.96. The van der Waals surface area contributed by atoms with Gasteiger partial charge in [-0.15, -0.1) is 0 Å². The van der Waals surface area contributed by atoms with E-state index in [0.717, 1.165) is 36.9 Å². The van der Waals surface area contributed by atoms with E-state index >= 15 is 0 Å².